The predicted molar refractivity (Wildman–Crippen MR) is 56.1 cm³/mol. The van der Waals surface area contributed by atoms with Gasteiger partial charge in [-0.05, 0) is 23.8 Å². The molecule has 0 radical (unpaired) electrons. The zero-order valence-corrected chi connectivity index (χ0v) is 8.25. The van der Waals surface area contributed by atoms with Crippen LogP contribution in [0.3, 0.4) is 0 Å². The van der Waals surface area contributed by atoms with Crippen molar-refractivity contribution in [2.24, 2.45) is 0 Å². The fourth-order valence-corrected chi connectivity index (χ4v) is 1.18. The summed E-state index contributed by atoms with van der Waals surface area (Å²) >= 11 is 0. The van der Waals surface area contributed by atoms with Gasteiger partial charge in [0.2, 0.25) is 0 Å². The van der Waals surface area contributed by atoms with Crippen LogP contribution in [0.4, 0.5) is 0 Å². The first-order valence-corrected chi connectivity index (χ1v) is 4.43. The lowest BCUT2D eigenvalue weighted by atomic mass is 10.1. The Hall–Kier alpha value is -2.30. The van der Waals surface area contributed by atoms with Crippen molar-refractivity contribution in [1.29, 1.82) is 0 Å². The minimum Gasteiger partial charge on any atom is -0.507 e. The molecule has 0 spiro atoms. The Morgan fingerprint density at radius 1 is 1.25 bits per heavy atom. The topological polar surface area (TPSA) is 94.8 Å². The second-order valence-electron chi connectivity index (χ2n) is 3.14. The van der Waals surface area contributed by atoms with E-state index in [4.69, 9.17) is 10.2 Å². The molecule has 0 aliphatic carbocycles. The van der Waals surface area contributed by atoms with Crippen LogP contribution in [0.1, 0.15) is 11.1 Å². The van der Waals surface area contributed by atoms with E-state index >= 15 is 0 Å². The quantitative estimate of drug-likeness (QED) is 0.663. The number of carbonyl (C=O) groups is 2. The maximum absolute atomic E-state index is 10.5. The summed E-state index contributed by atoms with van der Waals surface area (Å²) in [6.45, 7) is 0. The third kappa shape index (κ3) is 3.45. The zero-order valence-electron chi connectivity index (χ0n) is 8.25. The number of hydrogen-bond donors (Lipinski definition) is 3. The summed E-state index contributed by atoms with van der Waals surface area (Å²) in [7, 11) is 0. The maximum atomic E-state index is 10.5. The molecule has 84 valence electrons. The Balaban J connectivity index is 2.99. The molecule has 0 fully saturated rings. The van der Waals surface area contributed by atoms with E-state index in [-0.39, 0.29) is 17.7 Å². The highest BCUT2D eigenvalue weighted by Crippen LogP contribution is 2.20. The molecule has 0 unspecified atom stereocenters. The van der Waals surface area contributed by atoms with E-state index in [1.165, 1.54) is 24.3 Å². The Labute approximate surface area is 91.3 Å². The van der Waals surface area contributed by atoms with Gasteiger partial charge in [0.1, 0.15) is 5.75 Å². The van der Waals surface area contributed by atoms with E-state index in [9.17, 15) is 14.7 Å². The molecule has 16 heavy (non-hydrogen) atoms. The molecule has 1 rings (SSSR count). The molecule has 3 N–H and O–H groups in total. The van der Waals surface area contributed by atoms with Crippen molar-refractivity contribution in [1.82, 2.24) is 0 Å². The van der Waals surface area contributed by atoms with Crippen LogP contribution in [0.25, 0.3) is 6.08 Å². The van der Waals surface area contributed by atoms with E-state index in [0.29, 0.717) is 5.56 Å². The Morgan fingerprint density at radius 3 is 2.50 bits per heavy atom. The zero-order chi connectivity index (χ0) is 12.1. The van der Waals surface area contributed by atoms with Crippen LogP contribution in [-0.4, -0.2) is 27.3 Å². The molecule has 0 aliphatic rings. The van der Waals surface area contributed by atoms with Gasteiger partial charge in [-0.3, -0.25) is 4.79 Å². The molecule has 5 heteroatoms. The fraction of sp³-hybridized carbons (Fsp3) is 0.0909. The van der Waals surface area contributed by atoms with Gasteiger partial charge in [0, 0.05) is 11.6 Å². The molecule has 0 atom stereocenters. The van der Waals surface area contributed by atoms with E-state index in [1.807, 2.05) is 0 Å². The van der Waals surface area contributed by atoms with Gasteiger partial charge in [0.25, 0.3) is 0 Å². The van der Waals surface area contributed by atoms with Crippen molar-refractivity contribution < 1.29 is 24.9 Å². The third-order valence-corrected chi connectivity index (χ3v) is 1.85. The number of phenols is 1. The lowest BCUT2D eigenvalue weighted by molar-refractivity contribution is -0.136. The highest BCUT2D eigenvalue weighted by atomic mass is 16.4. The van der Waals surface area contributed by atoms with Gasteiger partial charge >= 0.3 is 11.9 Å². The molecule has 1 aromatic rings. The third-order valence-electron chi connectivity index (χ3n) is 1.85. The van der Waals surface area contributed by atoms with Crippen molar-refractivity contribution in [2.75, 3.05) is 0 Å². The normalized spacial score (nSPS) is 10.5. The number of phenolic OH excluding ortho intramolecular Hbond substituents is 1. The monoisotopic (exact) mass is 222 g/mol. The summed E-state index contributed by atoms with van der Waals surface area (Å²) < 4.78 is 0. The Morgan fingerprint density at radius 2 is 1.94 bits per heavy atom. The lowest BCUT2D eigenvalue weighted by Gasteiger charge is -2.02. The molecular weight excluding hydrogens is 212 g/mol. The van der Waals surface area contributed by atoms with E-state index < -0.39 is 11.9 Å². The average Bonchev–Trinajstić information content (AvgIpc) is 2.18. The first-order chi connectivity index (χ1) is 7.49. The summed E-state index contributed by atoms with van der Waals surface area (Å²) in [5.74, 6) is -2.21. The van der Waals surface area contributed by atoms with Crippen LogP contribution in [0.5, 0.6) is 5.75 Å². The molecule has 0 aromatic heterocycles. The number of aromatic hydroxyl groups is 1. The van der Waals surface area contributed by atoms with Gasteiger partial charge in [-0.15, -0.1) is 0 Å². The minimum atomic E-state index is -1.14. The number of hydrogen-bond acceptors (Lipinski definition) is 3. The highest BCUT2D eigenvalue weighted by Gasteiger charge is 2.04. The molecule has 0 aliphatic heterocycles. The standard InChI is InChI=1S/C11H10O5/c12-9-3-1-7(6-11(15)16)5-8(9)2-4-10(13)14/h1-5,12H,6H2,(H,13,14)(H,15,16)/b4-2-. The SMILES string of the molecule is O=C(O)/C=C\c1cc(CC(=O)O)ccc1O. The van der Waals surface area contributed by atoms with Crippen LogP contribution in [0.15, 0.2) is 24.3 Å². The maximum Gasteiger partial charge on any atom is 0.328 e. The van der Waals surface area contributed by atoms with Crippen molar-refractivity contribution in [3.63, 3.8) is 0 Å². The first-order valence-electron chi connectivity index (χ1n) is 4.43. The number of carboxylic acids is 2. The average molecular weight is 222 g/mol. The second-order valence-corrected chi connectivity index (χ2v) is 3.14. The van der Waals surface area contributed by atoms with E-state index in [0.717, 1.165) is 6.08 Å². The predicted octanol–water partition coefficient (Wildman–Crippen LogP) is 1.12. The molecule has 0 amide bonds. The smallest absolute Gasteiger partial charge is 0.328 e. The number of benzene rings is 1. The number of carboxylic acid groups (broad SMARTS) is 2. The summed E-state index contributed by atoms with van der Waals surface area (Å²) in [5.41, 5.74) is 0.775. The Kier molecular flexibility index (Phi) is 3.66. The molecule has 5 nitrogen and oxygen atoms in total. The summed E-state index contributed by atoms with van der Waals surface area (Å²) in [5, 5.41) is 26.4. The summed E-state index contributed by atoms with van der Waals surface area (Å²) in [6, 6.07) is 4.24. The van der Waals surface area contributed by atoms with Crippen LogP contribution in [-0.2, 0) is 16.0 Å². The van der Waals surface area contributed by atoms with Crippen LogP contribution in [0, 0.1) is 0 Å². The van der Waals surface area contributed by atoms with E-state index in [1.54, 1.807) is 0 Å². The summed E-state index contributed by atoms with van der Waals surface area (Å²) in [4.78, 5) is 20.7. The minimum absolute atomic E-state index is 0.0911. The molecular formula is C11H10O5. The largest absolute Gasteiger partial charge is 0.507 e. The Bertz CT molecular complexity index is 448. The van der Waals surface area contributed by atoms with Crippen molar-refractivity contribution in [3.05, 3.63) is 35.4 Å². The fourth-order valence-electron chi connectivity index (χ4n) is 1.18. The highest BCUT2D eigenvalue weighted by molar-refractivity contribution is 5.86. The van der Waals surface area contributed by atoms with Gasteiger partial charge < -0.3 is 15.3 Å². The van der Waals surface area contributed by atoms with Crippen molar-refractivity contribution in [3.8, 4) is 5.75 Å². The van der Waals surface area contributed by atoms with Crippen molar-refractivity contribution in [2.45, 2.75) is 6.42 Å². The van der Waals surface area contributed by atoms with Crippen LogP contribution in [0.2, 0.25) is 0 Å². The van der Waals surface area contributed by atoms with Gasteiger partial charge in [-0.25, -0.2) is 4.79 Å². The molecule has 0 heterocycles. The summed E-state index contributed by atoms with van der Waals surface area (Å²) in [6.07, 6.45) is 1.91. The number of rotatable bonds is 4. The second kappa shape index (κ2) is 4.97. The number of aliphatic carboxylic acids is 2. The van der Waals surface area contributed by atoms with Gasteiger partial charge in [-0.1, -0.05) is 6.07 Å². The van der Waals surface area contributed by atoms with Gasteiger partial charge in [0.05, 0.1) is 6.42 Å². The first kappa shape index (κ1) is 11.8. The van der Waals surface area contributed by atoms with Gasteiger partial charge in [-0.2, -0.15) is 0 Å². The molecule has 0 bridgehead atoms. The molecule has 0 saturated heterocycles. The lowest BCUT2D eigenvalue weighted by Crippen LogP contribution is -2.00. The van der Waals surface area contributed by atoms with Crippen LogP contribution < -0.4 is 0 Å². The van der Waals surface area contributed by atoms with Gasteiger partial charge in [0.15, 0.2) is 0 Å². The molecule has 0 saturated carbocycles. The van der Waals surface area contributed by atoms with Crippen LogP contribution >= 0.6 is 0 Å². The molecule has 1 aromatic carbocycles. The van der Waals surface area contributed by atoms with E-state index in [2.05, 4.69) is 0 Å². The van der Waals surface area contributed by atoms with Crippen molar-refractivity contribution >= 4 is 18.0 Å².